The molecule has 0 fully saturated rings. The minimum Gasteiger partial charge on any atom is -0.493 e. The lowest BCUT2D eigenvalue weighted by atomic mass is 10.1. The Morgan fingerprint density at radius 3 is 2.29 bits per heavy atom. The number of rotatable bonds is 19. The molecule has 3 rings (SSSR count). The molecule has 0 saturated heterocycles. The van der Waals surface area contributed by atoms with Crippen molar-refractivity contribution < 1.29 is 19.1 Å². The Labute approximate surface area is 261 Å². The summed E-state index contributed by atoms with van der Waals surface area (Å²) in [4.78, 5) is 28.4. The molecule has 1 N–H and O–H groups in total. The molecular weight excluding hydrogens is 600 g/mol. The standard InChI is InChI=1S/C33H46N2O4S.BrH/c1-4-5-6-7-8-9-10-11-12-13-19-38-32-18-17-30(21-31(32)27(3)36)39-24-33(37)34-29-16-14-15-28(20-29)23-35-22-26(2)40-25-35;/h14-18,20-22H,4-13,19,23-25H2,1-3H3,(H,34,37);1H. The Kier molecular flexibility index (Phi) is 16.6. The van der Waals surface area contributed by atoms with Crippen molar-refractivity contribution in [3.05, 3.63) is 64.7 Å². The first-order valence-corrected chi connectivity index (χ1v) is 15.8. The van der Waals surface area contributed by atoms with Gasteiger partial charge in [-0.2, -0.15) is 0 Å². The van der Waals surface area contributed by atoms with E-state index in [9.17, 15) is 9.59 Å². The van der Waals surface area contributed by atoms with Gasteiger partial charge >= 0.3 is 0 Å². The zero-order chi connectivity index (χ0) is 28.6. The maximum atomic E-state index is 12.5. The van der Waals surface area contributed by atoms with Gasteiger partial charge in [0.05, 0.1) is 18.0 Å². The second-order valence-electron chi connectivity index (χ2n) is 10.5. The molecule has 0 bridgehead atoms. The normalized spacial score (nSPS) is 12.5. The minimum atomic E-state index is -0.254. The fourth-order valence-electron chi connectivity index (χ4n) is 4.71. The molecular formula is C33H47BrN2O4S. The van der Waals surface area contributed by atoms with E-state index in [-0.39, 0.29) is 35.3 Å². The summed E-state index contributed by atoms with van der Waals surface area (Å²) in [7, 11) is 0. The van der Waals surface area contributed by atoms with E-state index in [1.165, 1.54) is 63.2 Å². The average Bonchev–Trinajstić information content (AvgIpc) is 3.35. The number of nitrogens with zero attached hydrogens (tertiary/aromatic N) is 1. The third-order valence-electron chi connectivity index (χ3n) is 6.87. The van der Waals surface area contributed by atoms with Crippen LogP contribution in [0.5, 0.6) is 11.5 Å². The fourth-order valence-corrected chi connectivity index (χ4v) is 5.47. The van der Waals surface area contributed by atoms with E-state index in [1.807, 2.05) is 30.0 Å². The van der Waals surface area contributed by atoms with Gasteiger partial charge in [0.25, 0.3) is 5.91 Å². The number of amides is 1. The highest BCUT2D eigenvalue weighted by Crippen LogP contribution is 2.27. The largest absolute Gasteiger partial charge is 0.493 e. The summed E-state index contributed by atoms with van der Waals surface area (Å²) in [6.45, 7) is 7.12. The van der Waals surface area contributed by atoms with E-state index in [2.05, 4.69) is 36.3 Å². The average molecular weight is 648 g/mol. The van der Waals surface area contributed by atoms with Gasteiger partial charge in [0, 0.05) is 18.4 Å². The molecule has 1 heterocycles. The van der Waals surface area contributed by atoms with Crippen LogP contribution in [0.4, 0.5) is 5.69 Å². The van der Waals surface area contributed by atoms with Crippen LogP contribution in [-0.2, 0) is 11.3 Å². The number of allylic oxidation sites excluding steroid dienone is 1. The van der Waals surface area contributed by atoms with E-state index in [4.69, 9.17) is 9.47 Å². The summed E-state index contributed by atoms with van der Waals surface area (Å²) in [5.74, 6) is 1.64. The summed E-state index contributed by atoms with van der Waals surface area (Å²) in [5.41, 5.74) is 2.34. The molecule has 0 saturated carbocycles. The van der Waals surface area contributed by atoms with E-state index in [0.29, 0.717) is 23.7 Å². The van der Waals surface area contributed by atoms with Gasteiger partial charge in [0.2, 0.25) is 0 Å². The van der Waals surface area contributed by atoms with Crippen molar-refractivity contribution in [3.63, 3.8) is 0 Å². The quantitative estimate of drug-likeness (QED) is 0.121. The Hall–Kier alpha value is -2.45. The van der Waals surface area contributed by atoms with Crippen LogP contribution in [0.25, 0.3) is 0 Å². The second-order valence-corrected chi connectivity index (χ2v) is 11.7. The summed E-state index contributed by atoms with van der Waals surface area (Å²) in [6.07, 6.45) is 14.8. The Morgan fingerprint density at radius 2 is 1.63 bits per heavy atom. The van der Waals surface area contributed by atoms with Gasteiger partial charge in [0.15, 0.2) is 12.4 Å². The number of benzene rings is 2. The predicted molar refractivity (Wildman–Crippen MR) is 176 cm³/mol. The monoisotopic (exact) mass is 646 g/mol. The molecule has 1 amide bonds. The molecule has 1 aliphatic heterocycles. The number of nitrogens with one attached hydrogen (secondary N) is 1. The molecule has 1 aliphatic rings. The van der Waals surface area contributed by atoms with Gasteiger partial charge in [-0.1, -0.05) is 76.8 Å². The van der Waals surface area contributed by atoms with Crippen LogP contribution in [0.15, 0.2) is 53.6 Å². The number of unbranched alkanes of at least 4 members (excludes halogenated alkanes) is 9. The zero-order valence-electron chi connectivity index (χ0n) is 24.9. The molecule has 2 aromatic carbocycles. The number of anilines is 1. The third kappa shape index (κ3) is 13.4. The number of carbonyl (C=O) groups excluding carboxylic acids is 2. The predicted octanol–water partition coefficient (Wildman–Crippen LogP) is 9.15. The van der Waals surface area contributed by atoms with E-state index in [0.717, 1.165) is 36.5 Å². The molecule has 41 heavy (non-hydrogen) atoms. The number of ketones is 1. The van der Waals surface area contributed by atoms with Crippen molar-refractivity contribution in [3.8, 4) is 11.5 Å². The fraction of sp³-hybridized carbons (Fsp3) is 0.515. The first-order chi connectivity index (χ1) is 19.4. The van der Waals surface area contributed by atoms with Crippen LogP contribution >= 0.6 is 28.7 Å². The number of halogens is 1. The van der Waals surface area contributed by atoms with Gasteiger partial charge in [-0.3, -0.25) is 9.59 Å². The lowest BCUT2D eigenvalue weighted by molar-refractivity contribution is -0.118. The number of hydrogen-bond donors (Lipinski definition) is 1. The highest BCUT2D eigenvalue weighted by Gasteiger charge is 2.13. The van der Waals surface area contributed by atoms with Crippen molar-refractivity contribution >= 4 is 46.1 Å². The van der Waals surface area contributed by atoms with Crippen LogP contribution < -0.4 is 14.8 Å². The maximum absolute atomic E-state index is 12.5. The SMILES string of the molecule is Br.CCCCCCCCCCCCOc1ccc(OCC(=O)Nc2cccc(CN3C=C(C)SC3)c2)cc1C(C)=O. The summed E-state index contributed by atoms with van der Waals surface area (Å²) >= 11 is 1.83. The molecule has 8 heteroatoms. The summed E-state index contributed by atoms with van der Waals surface area (Å²) in [5, 5.41) is 2.90. The minimum absolute atomic E-state index is 0. The first kappa shape index (κ1) is 34.7. The molecule has 0 radical (unpaired) electrons. The molecule has 0 atom stereocenters. The number of Topliss-reactive ketones (excluding diaryl/α,β-unsaturated/α-hetero) is 1. The molecule has 0 spiro atoms. The van der Waals surface area contributed by atoms with Crippen LogP contribution in [0, 0.1) is 0 Å². The van der Waals surface area contributed by atoms with Gasteiger partial charge in [-0.05, 0) is 61.1 Å². The lowest BCUT2D eigenvalue weighted by Gasteiger charge is -2.15. The van der Waals surface area contributed by atoms with Crippen molar-refractivity contribution in [1.29, 1.82) is 0 Å². The Balaban J connectivity index is 0.00000588. The number of thioether (sulfide) groups is 1. The second kappa shape index (κ2) is 19.6. The summed E-state index contributed by atoms with van der Waals surface area (Å²) < 4.78 is 11.6. The van der Waals surface area contributed by atoms with Crippen molar-refractivity contribution in [2.75, 3.05) is 24.4 Å². The van der Waals surface area contributed by atoms with Crippen molar-refractivity contribution in [2.24, 2.45) is 0 Å². The van der Waals surface area contributed by atoms with Crippen LogP contribution in [0.1, 0.15) is 101 Å². The van der Waals surface area contributed by atoms with E-state index < -0.39 is 0 Å². The van der Waals surface area contributed by atoms with Crippen LogP contribution in [0.2, 0.25) is 0 Å². The summed E-state index contributed by atoms with van der Waals surface area (Å²) in [6, 6.07) is 13.0. The van der Waals surface area contributed by atoms with Crippen molar-refractivity contribution in [1.82, 2.24) is 4.90 Å². The lowest BCUT2D eigenvalue weighted by Crippen LogP contribution is -2.20. The third-order valence-corrected chi connectivity index (χ3v) is 7.90. The smallest absolute Gasteiger partial charge is 0.262 e. The van der Waals surface area contributed by atoms with Gasteiger partial charge in [0.1, 0.15) is 11.5 Å². The van der Waals surface area contributed by atoms with Gasteiger partial charge < -0.3 is 19.7 Å². The molecule has 0 aromatic heterocycles. The molecule has 0 aliphatic carbocycles. The van der Waals surface area contributed by atoms with Crippen LogP contribution in [0.3, 0.4) is 0 Å². The van der Waals surface area contributed by atoms with Gasteiger partial charge in [-0.15, -0.1) is 28.7 Å². The highest BCUT2D eigenvalue weighted by atomic mass is 79.9. The molecule has 2 aromatic rings. The zero-order valence-corrected chi connectivity index (χ0v) is 27.4. The molecule has 0 unspecified atom stereocenters. The molecule has 226 valence electrons. The van der Waals surface area contributed by atoms with E-state index >= 15 is 0 Å². The van der Waals surface area contributed by atoms with E-state index in [1.54, 1.807) is 18.2 Å². The van der Waals surface area contributed by atoms with Crippen LogP contribution in [-0.4, -0.2) is 35.7 Å². The Bertz CT molecular complexity index is 1120. The number of ether oxygens (including phenoxy) is 2. The molecule has 6 nitrogen and oxygen atoms in total. The van der Waals surface area contributed by atoms with Gasteiger partial charge in [-0.25, -0.2) is 0 Å². The number of carbonyl (C=O) groups is 2. The first-order valence-electron chi connectivity index (χ1n) is 14.8. The maximum Gasteiger partial charge on any atom is 0.262 e. The number of hydrogen-bond acceptors (Lipinski definition) is 6. The van der Waals surface area contributed by atoms with Crippen molar-refractivity contribution in [2.45, 2.75) is 91.5 Å². The Morgan fingerprint density at radius 1 is 0.927 bits per heavy atom. The highest BCUT2D eigenvalue weighted by molar-refractivity contribution is 8.93. The topological polar surface area (TPSA) is 67.9 Å².